The molecule has 5 nitrogen and oxygen atoms in total. The summed E-state index contributed by atoms with van der Waals surface area (Å²) in [6.45, 7) is 2.05. The summed E-state index contributed by atoms with van der Waals surface area (Å²) in [6.07, 6.45) is 3.46. The average Bonchev–Trinajstić information content (AvgIpc) is 2.90. The first kappa shape index (κ1) is 13.6. The smallest absolute Gasteiger partial charge is 0.227 e. The van der Waals surface area contributed by atoms with E-state index in [2.05, 4.69) is 29.1 Å². The minimum absolute atomic E-state index is 0.206. The van der Waals surface area contributed by atoms with Crippen LogP contribution >= 0.6 is 11.8 Å². The van der Waals surface area contributed by atoms with Gasteiger partial charge in [0.1, 0.15) is 5.03 Å². The molecule has 106 valence electrons. The summed E-state index contributed by atoms with van der Waals surface area (Å²) in [5, 5.41) is 5.30. The van der Waals surface area contributed by atoms with Crippen molar-refractivity contribution in [2.45, 2.75) is 11.9 Å². The molecule has 0 radical (unpaired) electrons. The Morgan fingerprint density at radius 2 is 2.10 bits per heavy atom. The Morgan fingerprint density at radius 3 is 2.81 bits per heavy atom. The van der Waals surface area contributed by atoms with Crippen molar-refractivity contribution < 1.29 is 4.79 Å². The van der Waals surface area contributed by atoms with Crippen LogP contribution in [0.3, 0.4) is 0 Å². The van der Waals surface area contributed by atoms with Crippen LogP contribution in [-0.2, 0) is 4.79 Å². The molecule has 0 aliphatic heterocycles. The third-order valence-electron chi connectivity index (χ3n) is 3.05. The van der Waals surface area contributed by atoms with Gasteiger partial charge in [0.15, 0.2) is 0 Å². The number of hydrogen-bond donors (Lipinski definition) is 1. The maximum atomic E-state index is 10.9. The maximum Gasteiger partial charge on any atom is 0.227 e. The SMILES string of the molecule is Cc1ccc(-c2cc3c(SCC(N)=O)nccn3n2)cc1. The number of amides is 1. The lowest BCUT2D eigenvalue weighted by Gasteiger charge is -1.99. The van der Waals surface area contributed by atoms with E-state index >= 15 is 0 Å². The van der Waals surface area contributed by atoms with E-state index in [1.807, 2.05) is 18.2 Å². The second-order valence-corrected chi connectivity index (χ2v) is 5.68. The molecule has 0 saturated carbocycles. The Bertz CT molecular complexity index is 795. The highest BCUT2D eigenvalue weighted by Crippen LogP contribution is 2.25. The Kier molecular flexibility index (Phi) is 3.62. The Morgan fingerprint density at radius 1 is 1.33 bits per heavy atom. The average molecular weight is 298 g/mol. The summed E-state index contributed by atoms with van der Waals surface area (Å²) in [4.78, 5) is 15.2. The fourth-order valence-electron chi connectivity index (χ4n) is 2.01. The summed E-state index contributed by atoms with van der Waals surface area (Å²) in [7, 11) is 0. The number of primary amides is 1. The molecular weight excluding hydrogens is 284 g/mol. The minimum Gasteiger partial charge on any atom is -0.369 e. The number of benzene rings is 1. The number of aromatic nitrogens is 3. The van der Waals surface area contributed by atoms with E-state index in [0.29, 0.717) is 0 Å². The van der Waals surface area contributed by atoms with E-state index in [-0.39, 0.29) is 11.7 Å². The molecule has 2 aromatic heterocycles. The maximum absolute atomic E-state index is 10.9. The van der Waals surface area contributed by atoms with E-state index in [1.54, 1.807) is 16.9 Å². The summed E-state index contributed by atoms with van der Waals surface area (Å²) in [6, 6.07) is 10.2. The number of nitrogens with zero attached hydrogens (tertiary/aromatic N) is 3. The molecule has 0 unspecified atom stereocenters. The van der Waals surface area contributed by atoms with Crippen LogP contribution in [0.2, 0.25) is 0 Å². The van der Waals surface area contributed by atoms with Gasteiger partial charge in [0, 0.05) is 18.0 Å². The molecule has 1 amide bonds. The van der Waals surface area contributed by atoms with Gasteiger partial charge in [-0.3, -0.25) is 4.79 Å². The van der Waals surface area contributed by atoms with Crippen LogP contribution in [0.15, 0.2) is 47.8 Å². The van der Waals surface area contributed by atoms with Gasteiger partial charge in [-0.2, -0.15) is 5.10 Å². The van der Waals surface area contributed by atoms with Gasteiger partial charge in [-0.05, 0) is 13.0 Å². The van der Waals surface area contributed by atoms with Crippen molar-refractivity contribution >= 4 is 23.2 Å². The first-order valence-corrected chi connectivity index (χ1v) is 7.44. The molecule has 0 spiro atoms. The molecule has 0 bridgehead atoms. The Labute approximate surface area is 126 Å². The Balaban J connectivity index is 2.01. The topological polar surface area (TPSA) is 73.3 Å². The summed E-state index contributed by atoms with van der Waals surface area (Å²) >= 11 is 1.32. The lowest BCUT2D eigenvalue weighted by Crippen LogP contribution is -2.13. The van der Waals surface area contributed by atoms with Crippen LogP contribution in [0.1, 0.15) is 5.56 Å². The zero-order valence-electron chi connectivity index (χ0n) is 11.5. The predicted molar refractivity (Wildman–Crippen MR) is 83.1 cm³/mol. The van der Waals surface area contributed by atoms with Crippen molar-refractivity contribution in [1.82, 2.24) is 14.6 Å². The molecule has 3 rings (SSSR count). The molecule has 21 heavy (non-hydrogen) atoms. The molecule has 0 aliphatic rings. The van der Waals surface area contributed by atoms with Crippen LogP contribution in [-0.4, -0.2) is 26.3 Å². The molecule has 1 aromatic carbocycles. The molecule has 2 heterocycles. The van der Waals surface area contributed by atoms with Gasteiger partial charge in [0.05, 0.1) is 17.0 Å². The van der Waals surface area contributed by atoms with Crippen molar-refractivity contribution in [2.24, 2.45) is 5.73 Å². The third kappa shape index (κ3) is 2.90. The van der Waals surface area contributed by atoms with Crippen LogP contribution < -0.4 is 5.73 Å². The molecule has 3 aromatic rings. The van der Waals surface area contributed by atoms with Gasteiger partial charge < -0.3 is 5.73 Å². The number of thioether (sulfide) groups is 1. The minimum atomic E-state index is -0.359. The van der Waals surface area contributed by atoms with E-state index < -0.39 is 0 Å². The van der Waals surface area contributed by atoms with Crippen molar-refractivity contribution in [1.29, 1.82) is 0 Å². The summed E-state index contributed by atoms with van der Waals surface area (Å²) < 4.78 is 1.77. The van der Waals surface area contributed by atoms with Gasteiger partial charge >= 0.3 is 0 Å². The van der Waals surface area contributed by atoms with Crippen molar-refractivity contribution in [3.8, 4) is 11.3 Å². The van der Waals surface area contributed by atoms with Gasteiger partial charge in [-0.25, -0.2) is 9.50 Å². The highest BCUT2D eigenvalue weighted by molar-refractivity contribution is 8.00. The second-order valence-electron chi connectivity index (χ2n) is 4.71. The van der Waals surface area contributed by atoms with Crippen LogP contribution in [0, 0.1) is 6.92 Å². The highest BCUT2D eigenvalue weighted by Gasteiger charge is 2.10. The lowest BCUT2D eigenvalue weighted by atomic mass is 10.1. The fraction of sp³-hybridized carbons (Fsp3) is 0.133. The molecule has 0 fully saturated rings. The zero-order chi connectivity index (χ0) is 14.8. The van der Waals surface area contributed by atoms with Crippen LogP contribution in [0.4, 0.5) is 0 Å². The fourth-order valence-corrected chi connectivity index (χ4v) is 2.73. The number of carbonyl (C=O) groups is 1. The molecule has 0 atom stereocenters. The Hall–Kier alpha value is -2.34. The van der Waals surface area contributed by atoms with Crippen LogP contribution in [0.5, 0.6) is 0 Å². The number of rotatable bonds is 4. The number of aryl methyl sites for hydroxylation is 1. The molecule has 0 aliphatic carbocycles. The van der Waals surface area contributed by atoms with Gasteiger partial charge in [0.2, 0.25) is 5.91 Å². The predicted octanol–water partition coefficient (Wildman–Crippen LogP) is 2.28. The van der Waals surface area contributed by atoms with Crippen molar-refractivity contribution in [3.05, 3.63) is 48.3 Å². The van der Waals surface area contributed by atoms with Gasteiger partial charge in [-0.1, -0.05) is 41.6 Å². The highest BCUT2D eigenvalue weighted by atomic mass is 32.2. The van der Waals surface area contributed by atoms with E-state index in [9.17, 15) is 4.79 Å². The van der Waals surface area contributed by atoms with E-state index in [1.165, 1.54) is 17.3 Å². The van der Waals surface area contributed by atoms with Crippen molar-refractivity contribution in [3.63, 3.8) is 0 Å². The van der Waals surface area contributed by atoms with E-state index in [0.717, 1.165) is 21.8 Å². The summed E-state index contributed by atoms with van der Waals surface area (Å²) in [5.74, 6) is -0.153. The first-order valence-electron chi connectivity index (χ1n) is 6.46. The monoisotopic (exact) mass is 298 g/mol. The molecule has 0 saturated heterocycles. The quantitative estimate of drug-likeness (QED) is 0.750. The second kappa shape index (κ2) is 5.57. The molecule has 2 N–H and O–H groups in total. The third-order valence-corrected chi connectivity index (χ3v) is 4.07. The number of fused-ring (bicyclic) bond motifs is 1. The number of nitrogens with two attached hydrogens (primary N) is 1. The number of carbonyl (C=O) groups excluding carboxylic acids is 1. The normalized spacial score (nSPS) is 10.9. The first-order chi connectivity index (χ1) is 10.1. The largest absolute Gasteiger partial charge is 0.369 e. The van der Waals surface area contributed by atoms with Crippen molar-refractivity contribution in [2.75, 3.05) is 5.75 Å². The van der Waals surface area contributed by atoms with Crippen LogP contribution in [0.25, 0.3) is 16.8 Å². The molecular formula is C15H14N4OS. The molecule has 6 heteroatoms. The van der Waals surface area contributed by atoms with Gasteiger partial charge in [-0.15, -0.1) is 0 Å². The lowest BCUT2D eigenvalue weighted by molar-refractivity contribution is -0.115. The zero-order valence-corrected chi connectivity index (χ0v) is 12.3. The standard InChI is InChI=1S/C15H14N4OS/c1-10-2-4-11(5-3-10)12-8-13-15(21-9-14(16)20)17-6-7-19(13)18-12/h2-8H,9H2,1H3,(H2,16,20). The van der Waals surface area contributed by atoms with E-state index in [4.69, 9.17) is 5.73 Å². The summed E-state index contributed by atoms with van der Waals surface area (Å²) in [5.41, 5.74) is 9.20. The van der Waals surface area contributed by atoms with Gasteiger partial charge in [0.25, 0.3) is 0 Å². The number of hydrogen-bond acceptors (Lipinski definition) is 4.